The van der Waals surface area contributed by atoms with E-state index in [1.807, 2.05) is 67.6 Å². The summed E-state index contributed by atoms with van der Waals surface area (Å²) in [6.07, 6.45) is 1.59. The SMILES string of the molecule is CCOc1cc(/C=N\NC(=O)c2ccccc2)cc(I)c1OCc1ccccc1. The summed E-state index contributed by atoms with van der Waals surface area (Å²) < 4.78 is 12.7. The fourth-order valence-electron chi connectivity index (χ4n) is 2.61. The Hall–Kier alpha value is -2.87. The number of benzene rings is 3. The Morgan fingerprint density at radius 2 is 1.72 bits per heavy atom. The summed E-state index contributed by atoms with van der Waals surface area (Å²) in [5.41, 5.74) is 4.98. The molecule has 148 valence electrons. The molecular formula is C23H21IN2O3. The molecule has 5 nitrogen and oxygen atoms in total. The normalized spacial score (nSPS) is 10.7. The Morgan fingerprint density at radius 1 is 1.03 bits per heavy atom. The van der Waals surface area contributed by atoms with E-state index in [1.165, 1.54) is 0 Å². The monoisotopic (exact) mass is 500 g/mol. The molecule has 0 fully saturated rings. The van der Waals surface area contributed by atoms with Crippen LogP contribution in [0.2, 0.25) is 0 Å². The maximum Gasteiger partial charge on any atom is 0.271 e. The second kappa shape index (κ2) is 10.6. The van der Waals surface area contributed by atoms with E-state index in [0.29, 0.717) is 30.3 Å². The third kappa shape index (κ3) is 6.05. The number of hydrogen-bond donors (Lipinski definition) is 1. The molecule has 0 aliphatic carbocycles. The first kappa shape index (κ1) is 20.9. The molecular weight excluding hydrogens is 479 g/mol. The number of carbonyl (C=O) groups excluding carboxylic acids is 1. The average molecular weight is 500 g/mol. The van der Waals surface area contributed by atoms with Crippen molar-refractivity contribution in [1.82, 2.24) is 5.43 Å². The van der Waals surface area contributed by atoms with Gasteiger partial charge in [0.25, 0.3) is 5.91 Å². The molecule has 0 atom stereocenters. The molecule has 1 N–H and O–H groups in total. The summed E-state index contributed by atoms with van der Waals surface area (Å²) in [5, 5.41) is 4.06. The lowest BCUT2D eigenvalue weighted by atomic mass is 10.2. The Bertz CT molecular complexity index is 976. The van der Waals surface area contributed by atoms with Gasteiger partial charge in [-0.05, 0) is 64.9 Å². The summed E-state index contributed by atoms with van der Waals surface area (Å²) in [4.78, 5) is 12.1. The van der Waals surface area contributed by atoms with Gasteiger partial charge in [0, 0.05) is 5.56 Å². The molecule has 3 aromatic carbocycles. The zero-order valence-corrected chi connectivity index (χ0v) is 18.1. The molecule has 0 radical (unpaired) electrons. The Kier molecular flexibility index (Phi) is 7.63. The molecule has 1 amide bonds. The highest BCUT2D eigenvalue weighted by Crippen LogP contribution is 2.34. The lowest BCUT2D eigenvalue weighted by Gasteiger charge is -2.14. The zero-order valence-electron chi connectivity index (χ0n) is 16.0. The highest BCUT2D eigenvalue weighted by Gasteiger charge is 2.12. The summed E-state index contributed by atoms with van der Waals surface area (Å²) in [7, 11) is 0. The van der Waals surface area contributed by atoms with Crippen LogP contribution in [0.5, 0.6) is 11.5 Å². The van der Waals surface area contributed by atoms with Crippen molar-refractivity contribution in [3.8, 4) is 11.5 Å². The van der Waals surface area contributed by atoms with Gasteiger partial charge in [-0.3, -0.25) is 4.79 Å². The molecule has 0 spiro atoms. The summed E-state index contributed by atoms with van der Waals surface area (Å²) >= 11 is 2.21. The molecule has 3 rings (SSSR count). The topological polar surface area (TPSA) is 59.9 Å². The van der Waals surface area contributed by atoms with E-state index in [0.717, 1.165) is 14.7 Å². The average Bonchev–Trinajstić information content (AvgIpc) is 2.74. The minimum atomic E-state index is -0.260. The Morgan fingerprint density at radius 3 is 2.41 bits per heavy atom. The highest BCUT2D eigenvalue weighted by molar-refractivity contribution is 14.1. The van der Waals surface area contributed by atoms with Crippen molar-refractivity contribution in [2.45, 2.75) is 13.5 Å². The number of halogens is 1. The van der Waals surface area contributed by atoms with Gasteiger partial charge in [-0.1, -0.05) is 48.5 Å². The van der Waals surface area contributed by atoms with Crippen LogP contribution in [0.15, 0.2) is 77.9 Å². The first-order valence-corrected chi connectivity index (χ1v) is 10.3. The van der Waals surface area contributed by atoms with Crippen LogP contribution in [-0.4, -0.2) is 18.7 Å². The van der Waals surface area contributed by atoms with Gasteiger partial charge < -0.3 is 9.47 Å². The van der Waals surface area contributed by atoms with E-state index in [9.17, 15) is 4.79 Å². The standard InChI is InChI=1S/C23H21IN2O3/c1-2-28-21-14-18(15-25-26-23(27)19-11-7-4-8-12-19)13-20(24)22(21)29-16-17-9-5-3-6-10-17/h3-15H,2,16H2,1H3,(H,26,27)/b25-15-. The van der Waals surface area contributed by atoms with Crippen LogP contribution in [0, 0.1) is 3.57 Å². The van der Waals surface area contributed by atoms with Gasteiger partial charge in [0.1, 0.15) is 6.61 Å². The number of carbonyl (C=O) groups is 1. The molecule has 0 aromatic heterocycles. The van der Waals surface area contributed by atoms with Crippen LogP contribution in [-0.2, 0) is 6.61 Å². The third-order valence-electron chi connectivity index (χ3n) is 3.97. The van der Waals surface area contributed by atoms with Gasteiger partial charge >= 0.3 is 0 Å². The van der Waals surface area contributed by atoms with Crippen molar-refractivity contribution in [2.75, 3.05) is 6.61 Å². The van der Waals surface area contributed by atoms with Crippen LogP contribution in [0.1, 0.15) is 28.4 Å². The van der Waals surface area contributed by atoms with Crippen molar-refractivity contribution >= 4 is 34.7 Å². The number of hydrazone groups is 1. The van der Waals surface area contributed by atoms with Crippen LogP contribution >= 0.6 is 22.6 Å². The molecule has 0 heterocycles. The van der Waals surface area contributed by atoms with Gasteiger partial charge in [0.15, 0.2) is 11.5 Å². The number of rotatable bonds is 8. The summed E-state index contributed by atoms with van der Waals surface area (Å²) in [6, 6.07) is 22.7. The second-order valence-electron chi connectivity index (χ2n) is 6.10. The first-order valence-electron chi connectivity index (χ1n) is 9.19. The van der Waals surface area contributed by atoms with E-state index >= 15 is 0 Å². The minimum absolute atomic E-state index is 0.260. The smallest absolute Gasteiger partial charge is 0.271 e. The van der Waals surface area contributed by atoms with Crippen LogP contribution in [0.4, 0.5) is 0 Å². The number of nitrogens with zero attached hydrogens (tertiary/aromatic N) is 1. The summed E-state index contributed by atoms with van der Waals surface area (Å²) in [5.74, 6) is 1.08. The zero-order chi connectivity index (χ0) is 20.5. The fourth-order valence-corrected chi connectivity index (χ4v) is 3.40. The third-order valence-corrected chi connectivity index (χ3v) is 4.77. The van der Waals surface area contributed by atoms with Gasteiger partial charge in [0.2, 0.25) is 0 Å². The van der Waals surface area contributed by atoms with Gasteiger partial charge in [-0.15, -0.1) is 0 Å². The summed E-state index contributed by atoms with van der Waals surface area (Å²) in [6.45, 7) is 2.90. The van der Waals surface area contributed by atoms with Gasteiger partial charge in [-0.25, -0.2) is 5.43 Å². The predicted octanol–water partition coefficient (Wildman–Crippen LogP) is 5.03. The first-order chi connectivity index (χ1) is 14.2. The second-order valence-corrected chi connectivity index (χ2v) is 7.26. The Balaban J connectivity index is 1.72. The highest BCUT2D eigenvalue weighted by atomic mass is 127. The van der Waals surface area contributed by atoms with Gasteiger partial charge in [-0.2, -0.15) is 5.10 Å². The number of amides is 1. The van der Waals surface area contributed by atoms with Crippen LogP contribution in [0.3, 0.4) is 0 Å². The molecule has 0 saturated carbocycles. The maximum absolute atomic E-state index is 12.1. The number of hydrogen-bond acceptors (Lipinski definition) is 4. The number of ether oxygens (including phenoxy) is 2. The van der Waals surface area contributed by atoms with E-state index in [4.69, 9.17) is 9.47 Å². The molecule has 0 saturated heterocycles. The lowest BCUT2D eigenvalue weighted by Crippen LogP contribution is -2.17. The molecule has 0 bridgehead atoms. The number of nitrogens with one attached hydrogen (secondary N) is 1. The molecule has 0 aliphatic heterocycles. The van der Waals surface area contributed by atoms with Gasteiger partial charge in [0.05, 0.1) is 16.4 Å². The van der Waals surface area contributed by atoms with Crippen LogP contribution < -0.4 is 14.9 Å². The van der Waals surface area contributed by atoms with Crippen LogP contribution in [0.25, 0.3) is 0 Å². The lowest BCUT2D eigenvalue weighted by molar-refractivity contribution is 0.0955. The van der Waals surface area contributed by atoms with Crippen molar-refractivity contribution in [3.05, 3.63) is 93.1 Å². The van der Waals surface area contributed by atoms with E-state index in [2.05, 4.69) is 33.1 Å². The predicted molar refractivity (Wildman–Crippen MR) is 123 cm³/mol. The van der Waals surface area contributed by atoms with E-state index in [-0.39, 0.29) is 5.91 Å². The maximum atomic E-state index is 12.1. The minimum Gasteiger partial charge on any atom is -0.490 e. The van der Waals surface area contributed by atoms with E-state index < -0.39 is 0 Å². The van der Waals surface area contributed by atoms with Crippen molar-refractivity contribution in [3.63, 3.8) is 0 Å². The fraction of sp³-hybridized carbons (Fsp3) is 0.130. The molecule has 0 unspecified atom stereocenters. The Labute approximate surface area is 183 Å². The molecule has 0 aliphatic rings. The van der Waals surface area contributed by atoms with Crippen molar-refractivity contribution < 1.29 is 14.3 Å². The molecule has 29 heavy (non-hydrogen) atoms. The molecule has 3 aromatic rings. The van der Waals surface area contributed by atoms with Crippen molar-refractivity contribution in [1.29, 1.82) is 0 Å². The van der Waals surface area contributed by atoms with E-state index in [1.54, 1.807) is 18.3 Å². The quantitative estimate of drug-likeness (QED) is 0.268. The largest absolute Gasteiger partial charge is 0.490 e. The molecule has 6 heteroatoms. The van der Waals surface area contributed by atoms with Crippen molar-refractivity contribution in [2.24, 2.45) is 5.10 Å².